The molecule has 0 aliphatic heterocycles. The van der Waals surface area contributed by atoms with Gasteiger partial charge in [0.15, 0.2) is 0 Å². The van der Waals surface area contributed by atoms with Gasteiger partial charge in [0.2, 0.25) is 0 Å². The molecule has 1 nitrogen and oxygen atoms in total. The topological polar surface area (TPSA) is 12.9 Å². The lowest BCUT2D eigenvalue weighted by Gasteiger charge is -2.25. The van der Waals surface area contributed by atoms with Crippen molar-refractivity contribution in [3.8, 4) is 0 Å². The molecule has 0 unspecified atom stereocenters. The summed E-state index contributed by atoms with van der Waals surface area (Å²) in [5.74, 6) is 0. The Kier molecular flexibility index (Phi) is 4.17. The summed E-state index contributed by atoms with van der Waals surface area (Å²) >= 11 is 0. The number of halogens is 3. The van der Waals surface area contributed by atoms with E-state index in [1.54, 1.807) is 0 Å². The van der Waals surface area contributed by atoms with Gasteiger partial charge in [-0.15, -0.1) is 0 Å². The number of hydrogen-bond acceptors (Lipinski definition) is 1. The Morgan fingerprint density at radius 2 is 1.82 bits per heavy atom. The highest BCUT2D eigenvalue weighted by Gasteiger charge is 2.32. The number of aromatic nitrogens is 1. The summed E-state index contributed by atoms with van der Waals surface area (Å²) in [6.07, 6.45) is 0.0899. The van der Waals surface area contributed by atoms with Crippen LogP contribution in [0, 0.1) is 0 Å². The molecular weight excluding hydrogens is 227 g/mol. The van der Waals surface area contributed by atoms with Crippen LogP contribution in [0.25, 0.3) is 0 Å². The molecule has 96 valence electrons. The SMILES string of the molecule is CCCCC(C)(C)c1ccc(C(F)(F)F)nc1. The van der Waals surface area contributed by atoms with Crippen LogP contribution in [0.3, 0.4) is 0 Å². The third-order valence-electron chi connectivity index (χ3n) is 2.99. The quantitative estimate of drug-likeness (QED) is 0.757. The average molecular weight is 245 g/mol. The molecule has 0 bridgehead atoms. The van der Waals surface area contributed by atoms with Gasteiger partial charge in [0, 0.05) is 6.20 Å². The number of pyridine rings is 1. The summed E-state index contributed by atoms with van der Waals surface area (Å²) in [5.41, 5.74) is -0.0841. The van der Waals surface area contributed by atoms with Gasteiger partial charge in [0.05, 0.1) is 0 Å². The molecule has 0 aliphatic carbocycles. The maximum atomic E-state index is 12.4. The van der Waals surface area contributed by atoms with Crippen LogP contribution < -0.4 is 0 Å². The standard InChI is InChI=1S/C13H18F3N/c1-4-5-8-12(2,3)10-6-7-11(17-9-10)13(14,15)16/h6-7,9H,4-5,8H2,1-3H3. The summed E-state index contributed by atoms with van der Waals surface area (Å²) in [7, 11) is 0. The zero-order valence-corrected chi connectivity index (χ0v) is 10.4. The van der Waals surface area contributed by atoms with Crippen molar-refractivity contribution in [2.24, 2.45) is 0 Å². The highest BCUT2D eigenvalue weighted by atomic mass is 19.4. The largest absolute Gasteiger partial charge is 0.433 e. The number of rotatable bonds is 4. The van der Waals surface area contributed by atoms with Crippen molar-refractivity contribution in [1.82, 2.24) is 4.98 Å². The molecule has 0 saturated carbocycles. The Balaban J connectivity index is 2.87. The van der Waals surface area contributed by atoms with E-state index < -0.39 is 11.9 Å². The first-order valence-electron chi connectivity index (χ1n) is 5.81. The zero-order valence-electron chi connectivity index (χ0n) is 10.4. The lowest BCUT2D eigenvalue weighted by atomic mass is 9.81. The third kappa shape index (κ3) is 3.72. The van der Waals surface area contributed by atoms with E-state index in [4.69, 9.17) is 0 Å². The van der Waals surface area contributed by atoms with E-state index in [1.165, 1.54) is 12.3 Å². The second-order valence-corrected chi connectivity index (χ2v) is 4.92. The van der Waals surface area contributed by atoms with E-state index in [0.717, 1.165) is 30.9 Å². The van der Waals surface area contributed by atoms with Gasteiger partial charge >= 0.3 is 6.18 Å². The van der Waals surface area contributed by atoms with Gasteiger partial charge in [-0.3, -0.25) is 4.98 Å². The maximum absolute atomic E-state index is 12.4. The number of unbranched alkanes of at least 4 members (excludes halogenated alkanes) is 1. The zero-order chi connectivity index (χ0) is 13.1. The van der Waals surface area contributed by atoms with Crippen LogP contribution in [-0.4, -0.2) is 4.98 Å². The maximum Gasteiger partial charge on any atom is 0.433 e. The molecule has 1 heterocycles. The summed E-state index contributed by atoms with van der Waals surface area (Å²) in [4.78, 5) is 3.50. The molecule has 0 aliphatic rings. The second-order valence-electron chi connectivity index (χ2n) is 4.92. The Bertz CT molecular complexity index is 352. The lowest BCUT2D eigenvalue weighted by molar-refractivity contribution is -0.141. The fraction of sp³-hybridized carbons (Fsp3) is 0.615. The van der Waals surface area contributed by atoms with Crippen LogP contribution in [0.2, 0.25) is 0 Å². The fourth-order valence-electron chi connectivity index (χ4n) is 1.72. The highest BCUT2D eigenvalue weighted by molar-refractivity contribution is 5.23. The molecule has 1 rings (SSSR count). The van der Waals surface area contributed by atoms with Gasteiger partial charge in [0.1, 0.15) is 5.69 Å². The summed E-state index contributed by atoms with van der Waals surface area (Å²) < 4.78 is 37.1. The smallest absolute Gasteiger partial charge is 0.251 e. The summed E-state index contributed by atoms with van der Waals surface area (Å²) in [5, 5.41) is 0. The van der Waals surface area contributed by atoms with Crippen LogP contribution in [0.15, 0.2) is 18.3 Å². The van der Waals surface area contributed by atoms with Crippen molar-refractivity contribution in [2.75, 3.05) is 0 Å². The Labute approximate surface area is 100 Å². The van der Waals surface area contributed by atoms with Crippen molar-refractivity contribution in [3.63, 3.8) is 0 Å². The van der Waals surface area contributed by atoms with Gasteiger partial charge in [-0.1, -0.05) is 39.7 Å². The molecule has 1 aromatic rings. The minimum absolute atomic E-state index is 0.118. The minimum Gasteiger partial charge on any atom is -0.251 e. The van der Waals surface area contributed by atoms with Gasteiger partial charge < -0.3 is 0 Å². The van der Waals surface area contributed by atoms with Crippen molar-refractivity contribution < 1.29 is 13.2 Å². The van der Waals surface area contributed by atoms with E-state index in [1.807, 2.05) is 13.8 Å². The van der Waals surface area contributed by atoms with Crippen LogP contribution >= 0.6 is 0 Å². The third-order valence-corrected chi connectivity index (χ3v) is 2.99. The molecule has 17 heavy (non-hydrogen) atoms. The normalized spacial score (nSPS) is 12.8. The number of nitrogens with zero attached hydrogens (tertiary/aromatic N) is 1. The summed E-state index contributed by atoms with van der Waals surface area (Å²) in [6, 6.07) is 2.59. The van der Waals surface area contributed by atoms with Crippen LogP contribution in [0.4, 0.5) is 13.2 Å². The van der Waals surface area contributed by atoms with E-state index >= 15 is 0 Å². The van der Waals surface area contributed by atoms with E-state index in [9.17, 15) is 13.2 Å². The monoisotopic (exact) mass is 245 g/mol. The molecule has 0 fully saturated rings. The molecule has 0 saturated heterocycles. The molecule has 0 radical (unpaired) electrons. The second kappa shape index (κ2) is 5.07. The van der Waals surface area contributed by atoms with Gasteiger partial charge in [0.25, 0.3) is 0 Å². The Hall–Kier alpha value is -1.06. The van der Waals surface area contributed by atoms with Crippen molar-refractivity contribution >= 4 is 0 Å². The van der Waals surface area contributed by atoms with E-state index in [2.05, 4.69) is 11.9 Å². The molecule has 0 atom stereocenters. The average Bonchev–Trinajstić information content (AvgIpc) is 2.25. The lowest BCUT2D eigenvalue weighted by Crippen LogP contribution is -2.18. The molecule has 0 aromatic carbocycles. The Morgan fingerprint density at radius 1 is 1.18 bits per heavy atom. The van der Waals surface area contributed by atoms with E-state index in [-0.39, 0.29) is 5.41 Å². The summed E-state index contributed by atoms with van der Waals surface area (Å²) in [6.45, 7) is 6.17. The van der Waals surface area contributed by atoms with Crippen molar-refractivity contribution in [2.45, 2.75) is 51.6 Å². The van der Waals surface area contributed by atoms with Crippen LogP contribution in [0.1, 0.15) is 51.3 Å². The van der Waals surface area contributed by atoms with Gasteiger partial charge in [-0.25, -0.2) is 0 Å². The first-order valence-corrected chi connectivity index (χ1v) is 5.81. The number of hydrogen-bond donors (Lipinski definition) is 0. The molecule has 0 N–H and O–H groups in total. The molecule has 0 amide bonds. The van der Waals surface area contributed by atoms with Gasteiger partial charge in [-0.2, -0.15) is 13.2 Å². The molecule has 0 spiro atoms. The first-order chi connectivity index (χ1) is 7.77. The van der Waals surface area contributed by atoms with Crippen molar-refractivity contribution in [1.29, 1.82) is 0 Å². The minimum atomic E-state index is -4.36. The van der Waals surface area contributed by atoms with E-state index in [0.29, 0.717) is 0 Å². The van der Waals surface area contributed by atoms with Crippen molar-refractivity contribution in [3.05, 3.63) is 29.6 Å². The fourth-order valence-corrected chi connectivity index (χ4v) is 1.72. The molecular formula is C13H18F3N. The molecule has 4 heteroatoms. The Morgan fingerprint density at radius 3 is 2.24 bits per heavy atom. The van der Waals surface area contributed by atoms with Crippen LogP contribution in [-0.2, 0) is 11.6 Å². The predicted molar refractivity (Wildman–Crippen MR) is 61.8 cm³/mol. The number of alkyl halides is 3. The predicted octanol–water partition coefficient (Wildman–Crippen LogP) is 4.57. The van der Waals surface area contributed by atoms with Crippen LogP contribution in [0.5, 0.6) is 0 Å². The highest BCUT2D eigenvalue weighted by Crippen LogP contribution is 2.31. The van der Waals surface area contributed by atoms with Gasteiger partial charge in [-0.05, 0) is 23.5 Å². The first kappa shape index (κ1) is 14.0. The molecule has 1 aromatic heterocycles.